The zero-order chi connectivity index (χ0) is 15.8. The lowest BCUT2D eigenvalue weighted by Gasteiger charge is -2.45. The molecule has 1 unspecified atom stereocenters. The van der Waals surface area contributed by atoms with E-state index >= 15 is 0 Å². The molecule has 0 spiro atoms. The molecule has 1 heterocycles. The first-order valence-electron chi connectivity index (χ1n) is 6.98. The minimum Gasteiger partial charge on any atom is -0.480 e. The highest BCUT2D eigenvalue weighted by Gasteiger charge is 2.44. The quantitative estimate of drug-likeness (QED) is 0.684. The van der Waals surface area contributed by atoms with Gasteiger partial charge in [-0.2, -0.15) is 0 Å². The summed E-state index contributed by atoms with van der Waals surface area (Å²) < 4.78 is 0. The molecule has 2 rings (SSSR count). The average molecular weight is 292 g/mol. The van der Waals surface area contributed by atoms with Crippen LogP contribution in [-0.4, -0.2) is 28.6 Å². The number of anilines is 1. The summed E-state index contributed by atoms with van der Waals surface area (Å²) in [5.74, 6) is -0.935. The molecule has 1 aromatic rings. The van der Waals surface area contributed by atoms with E-state index in [1.807, 2.05) is 20.8 Å². The third-order valence-corrected chi connectivity index (χ3v) is 4.14. The van der Waals surface area contributed by atoms with E-state index in [1.54, 1.807) is 17.0 Å². The maximum atomic E-state index is 11.7. The highest BCUT2D eigenvalue weighted by Crippen LogP contribution is 2.41. The van der Waals surface area contributed by atoms with Crippen LogP contribution in [0, 0.1) is 22.5 Å². The molecule has 1 atom stereocenters. The molecule has 1 saturated heterocycles. The second-order valence-corrected chi connectivity index (χ2v) is 6.28. The summed E-state index contributed by atoms with van der Waals surface area (Å²) in [6, 6.07) is 4.07. The number of hydrogen-bond donors (Lipinski definition) is 1. The summed E-state index contributed by atoms with van der Waals surface area (Å²) in [6.45, 7) is 6.17. The molecule has 1 aliphatic rings. The van der Waals surface area contributed by atoms with Crippen molar-refractivity contribution in [1.82, 2.24) is 0 Å². The Kier molecular flexibility index (Phi) is 3.89. The molecule has 6 heteroatoms. The van der Waals surface area contributed by atoms with Crippen molar-refractivity contribution in [3.8, 4) is 0 Å². The van der Waals surface area contributed by atoms with E-state index in [9.17, 15) is 20.0 Å². The molecule has 0 amide bonds. The molecular formula is C15H20N2O4. The number of nitrogens with zero attached hydrogens (tertiary/aromatic N) is 2. The number of rotatable bonds is 3. The van der Waals surface area contributed by atoms with Crippen LogP contribution in [0.5, 0.6) is 0 Å². The van der Waals surface area contributed by atoms with Crippen molar-refractivity contribution in [3.63, 3.8) is 0 Å². The molecule has 1 N–H and O–H groups in total. The van der Waals surface area contributed by atoms with Crippen LogP contribution in [0.2, 0.25) is 0 Å². The smallest absolute Gasteiger partial charge is 0.326 e. The van der Waals surface area contributed by atoms with Gasteiger partial charge in [0.25, 0.3) is 5.69 Å². The van der Waals surface area contributed by atoms with Crippen LogP contribution in [0.25, 0.3) is 0 Å². The lowest BCUT2D eigenvalue weighted by Crippen LogP contribution is -2.54. The van der Waals surface area contributed by atoms with E-state index in [0.29, 0.717) is 12.2 Å². The van der Waals surface area contributed by atoms with Crippen molar-refractivity contribution in [2.24, 2.45) is 5.41 Å². The normalized spacial score (nSPS) is 21.1. The van der Waals surface area contributed by atoms with Gasteiger partial charge in [-0.15, -0.1) is 0 Å². The van der Waals surface area contributed by atoms with Crippen LogP contribution in [0.4, 0.5) is 11.4 Å². The first-order chi connectivity index (χ1) is 9.74. The Hall–Kier alpha value is -2.11. The van der Waals surface area contributed by atoms with Crippen LogP contribution >= 0.6 is 0 Å². The highest BCUT2D eigenvalue weighted by molar-refractivity contribution is 5.81. The van der Waals surface area contributed by atoms with Crippen LogP contribution < -0.4 is 4.90 Å². The topological polar surface area (TPSA) is 83.7 Å². The summed E-state index contributed by atoms with van der Waals surface area (Å²) in [6.07, 6.45) is 1.61. The molecule has 1 fully saturated rings. The van der Waals surface area contributed by atoms with Gasteiger partial charge in [0, 0.05) is 12.6 Å². The molecule has 0 bridgehead atoms. The number of hydrogen-bond acceptors (Lipinski definition) is 4. The third-order valence-electron chi connectivity index (χ3n) is 4.14. The molecule has 0 radical (unpaired) electrons. The lowest BCUT2D eigenvalue weighted by molar-refractivity contribution is -0.384. The number of carboxylic acid groups (broad SMARTS) is 1. The fourth-order valence-electron chi connectivity index (χ4n) is 3.14. The molecule has 0 aromatic heterocycles. The maximum absolute atomic E-state index is 11.7. The average Bonchev–Trinajstić information content (AvgIpc) is 2.36. The van der Waals surface area contributed by atoms with Crippen molar-refractivity contribution >= 4 is 17.3 Å². The van der Waals surface area contributed by atoms with E-state index in [4.69, 9.17) is 0 Å². The van der Waals surface area contributed by atoms with Crippen LogP contribution in [-0.2, 0) is 4.79 Å². The predicted octanol–water partition coefficient (Wildman–Crippen LogP) is 2.98. The summed E-state index contributed by atoms with van der Waals surface area (Å²) >= 11 is 0. The Bertz CT molecular complexity index is 583. The summed E-state index contributed by atoms with van der Waals surface area (Å²) in [5, 5.41) is 20.8. The molecule has 1 aromatic carbocycles. The van der Waals surface area contributed by atoms with Crippen molar-refractivity contribution in [2.45, 2.75) is 39.7 Å². The van der Waals surface area contributed by atoms with Crippen molar-refractivity contribution in [2.75, 3.05) is 11.4 Å². The number of nitro groups is 1. The molecule has 0 aliphatic carbocycles. The van der Waals surface area contributed by atoms with Gasteiger partial charge in [0.05, 0.1) is 4.92 Å². The Morgan fingerprint density at radius 1 is 1.48 bits per heavy atom. The maximum Gasteiger partial charge on any atom is 0.326 e. The molecule has 21 heavy (non-hydrogen) atoms. The summed E-state index contributed by atoms with van der Waals surface area (Å²) in [5.41, 5.74) is 0.815. The molecule has 1 aliphatic heterocycles. The van der Waals surface area contributed by atoms with Crippen LogP contribution in [0.15, 0.2) is 18.2 Å². The standard InChI is InChI=1S/C15H20N2O4/c1-10-5-6-11(17(20)21)12(9-10)16-8-4-7-15(2,3)13(16)14(18)19/h5-6,9,13H,4,7-8H2,1-3H3,(H,18,19). The van der Waals surface area contributed by atoms with Gasteiger partial charge >= 0.3 is 5.97 Å². The number of nitro benzene ring substituents is 1. The monoisotopic (exact) mass is 292 g/mol. The van der Waals surface area contributed by atoms with Crippen molar-refractivity contribution in [3.05, 3.63) is 33.9 Å². The van der Waals surface area contributed by atoms with E-state index in [0.717, 1.165) is 18.4 Å². The molecular weight excluding hydrogens is 272 g/mol. The number of benzene rings is 1. The molecule has 0 saturated carbocycles. The largest absolute Gasteiger partial charge is 0.480 e. The zero-order valence-corrected chi connectivity index (χ0v) is 12.5. The fraction of sp³-hybridized carbons (Fsp3) is 0.533. The van der Waals surface area contributed by atoms with E-state index < -0.39 is 22.3 Å². The van der Waals surface area contributed by atoms with Gasteiger partial charge in [-0.25, -0.2) is 4.79 Å². The number of aryl methyl sites for hydroxylation is 1. The Morgan fingerprint density at radius 3 is 2.71 bits per heavy atom. The van der Waals surface area contributed by atoms with Gasteiger partial charge < -0.3 is 10.0 Å². The Balaban J connectivity index is 2.55. The second-order valence-electron chi connectivity index (χ2n) is 6.28. The predicted molar refractivity (Wildman–Crippen MR) is 79.6 cm³/mol. The first kappa shape index (κ1) is 15.3. The Morgan fingerprint density at radius 2 is 2.14 bits per heavy atom. The van der Waals surface area contributed by atoms with Gasteiger partial charge in [-0.1, -0.05) is 19.9 Å². The van der Waals surface area contributed by atoms with Gasteiger partial charge in [0.2, 0.25) is 0 Å². The number of piperidine rings is 1. The van der Waals surface area contributed by atoms with Gasteiger partial charge in [0.1, 0.15) is 11.7 Å². The Labute approximate surface area is 123 Å². The van der Waals surface area contributed by atoms with Crippen molar-refractivity contribution < 1.29 is 14.8 Å². The van der Waals surface area contributed by atoms with Crippen LogP contribution in [0.1, 0.15) is 32.3 Å². The van der Waals surface area contributed by atoms with Gasteiger partial charge in [-0.3, -0.25) is 10.1 Å². The molecule has 6 nitrogen and oxygen atoms in total. The minimum atomic E-state index is -0.935. The van der Waals surface area contributed by atoms with Gasteiger partial charge in [0.15, 0.2) is 0 Å². The third kappa shape index (κ3) is 2.84. The summed E-state index contributed by atoms with van der Waals surface area (Å²) in [4.78, 5) is 24.2. The fourth-order valence-corrected chi connectivity index (χ4v) is 3.14. The number of carboxylic acids is 1. The van der Waals surface area contributed by atoms with Crippen LogP contribution in [0.3, 0.4) is 0 Å². The van der Waals surface area contributed by atoms with Crippen molar-refractivity contribution in [1.29, 1.82) is 0 Å². The lowest BCUT2D eigenvalue weighted by atomic mass is 9.76. The van der Waals surface area contributed by atoms with E-state index in [-0.39, 0.29) is 5.69 Å². The SMILES string of the molecule is Cc1ccc([N+](=O)[O-])c(N2CCCC(C)(C)C2C(=O)O)c1. The summed E-state index contributed by atoms with van der Waals surface area (Å²) in [7, 11) is 0. The second kappa shape index (κ2) is 5.35. The minimum absolute atomic E-state index is 0.0375. The number of aliphatic carboxylic acids is 1. The highest BCUT2D eigenvalue weighted by atomic mass is 16.6. The van der Waals surface area contributed by atoms with E-state index in [1.165, 1.54) is 6.07 Å². The zero-order valence-electron chi connectivity index (χ0n) is 12.5. The first-order valence-corrected chi connectivity index (χ1v) is 6.98. The molecule has 114 valence electrons. The van der Waals surface area contributed by atoms with Gasteiger partial charge in [-0.05, 0) is 36.8 Å². The van der Waals surface area contributed by atoms with E-state index in [2.05, 4.69) is 0 Å². The number of carbonyl (C=O) groups is 1.